The van der Waals surface area contributed by atoms with Crippen molar-refractivity contribution in [1.29, 1.82) is 0 Å². The Morgan fingerprint density at radius 3 is 2.81 bits per heavy atom. The summed E-state index contributed by atoms with van der Waals surface area (Å²) in [6.45, 7) is 3.48. The fraction of sp³-hybridized carbons (Fsp3) is 0.316. The number of piperidine rings is 1. The lowest BCUT2D eigenvalue weighted by Crippen LogP contribution is -2.40. The number of amides is 1. The Hall–Kier alpha value is -2.38. The number of aryl methyl sites for hydroxylation is 1. The molecule has 1 atom stereocenters. The van der Waals surface area contributed by atoms with E-state index in [0.717, 1.165) is 40.9 Å². The summed E-state index contributed by atoms with van der Waals surface area (Å²) >= 11 is 7.69. The van der Waals surface area contributed by atoms with Gasteiger partial charge in [-0.3, -0.25) is 9.36 Å². The SMILES string of the molecule is Cc1ccc(NC(=O)C2CCCN(c3nnc(-n4cccc4)s3)C2)cc1Cl. The molecule has 3 aromatic rings. The highest BCUT2D eigenvalue weighted by molar-refractivity contribution is 7.17. The van der Waals surface area contributed by atoms with E-state index in [9.17, 15) is 4.79 Å². The Morgan fingerprint density at radius 1 is 1.26 bits per heavy atom. The third kappa shape index (κ3) is 3.99. The van der Waals surface area contributed by atoms with Gasteiger partial charge in [-0.1, -0.05) is 29.0 Å². The van der Waals surface area contributed by atoms with Gasteiger partial charge in [0.15, 0.2) is 0 Å². The van der Waals surface area contributed by atoms with Gasteiger partial charge in [-0.25, -0.2) is 0 Å². The van der Waals surface area contributed by atoms with Gasteiger partial charge < -0.3 is 10.2 Å². The number of anilines is 2. The third-order valence-corrected chi connectivity index (χ3v) is 6.14. The maximum Gasteiger partial charge on any atom is 0.229 e. The van der Waals surface area contributed by atoms with Crippen LogP contribution < -0.4 is 10.2 Å². The van der Waals surface area contributed by atoms with E-state index >= 15 is 0 Å². The zero-order chi connectivity index (χ0) is 18.8. The molecular formula is C19H20ClN5OS. The Labute approximate surface area is 166 Å². The van der Waals surface area contributed by atoms with Crippen LogP contribution in [0, 0.1) is 12.8 Å². The maximum absolute atomic E-state index is 12.7. The Balaban J connectivity index is 1.43. The molecule has 1 fully saturated rings. The van der Waals surface area contributed by atoms with Crippen LogP contribution in [0.25, 0.3) is 5.13 Å². The van der Waals surface area contributed by atoms with Gasteiger partial charge in [-0.05, 0) is 49.6 Å². The van der Waals surface area contributed by atoms with Crippen molar-refractivity contribution in [2.45, 2.75) is 19.8 Å². The van der Waals surface area contributed by atoms with E-state index in [2.05, 4.69) is 20.4 Å². The first kappa shape index (κ1) is 18.0. The number of hydrogen-bond acceptors (Lipinski definition) is 5. The molecule has 4 rings (SSSR count). The lowest BCUT2D eigenvalue weighted by atomic mass is 9.97. The van der Waals surface area contributed by atoms with Gasteiger partial charge in [-0.15, -0.1) is 10.2 Å². The second-order valence-corrected chi connectivity index (χ2v) is 8.04. The highest BCUT2D eigenvalue weighted by atomic mass is 35.5. The molecule has 1 unspecified atom stereocenters. The van der Waals surface area contributed by atoms with E-state index in [1.165, 1.54) is 11.3 Å². The van der Waals surface area contributed by atoms with Gasteiger partial charge in [0.25, 0.3) is 0 Å². The normalized spacial score (nSPS) is 17.1. The average Bonchev–Trinajstić information content (AvgIpc) is 3.36. The molecule has 1 aliphatic heterocycles. The molecule has 8 heteroatoms. The molecule has 27 heavy (non-hydrogen) atoms. The first-order valence-corrected chi connectivity index (χ1v) is 10.1. The summed E-state index contributed by atoms with van der Waals surface area (Å²) in [5, 5.41) is 13.9. The summed E-state index contributed by atoms with van der Waals surface area (Å²) in [4.78, 5) is 14.9. The molecule has 0 spiro atoms. The predicted octanol–water partition coefficient (Wildman–Crippen LogP) is 4.15. The molecule has 140 valence electrons. The van der Waals surface area contributed by atoms with Crippen molar-refractivity contribution in [3.05, 3.63) is 53.3 Å². The topological polar surface area (TPSA) is 63.1 Å². The van der Waals surface area contributed by atoms with E-state index in [1.54, 1.807) is 6.07 Å². The van der Waals surface area contributed by atoms with Crippen molar-refractivity contribution in [2.24, 2.45) is 5.92 Å². The van der Waals surface area contributed by atoms with E-state index in [0.29, 0.717) is 11.6 Å². The molecule has 1 aliphatic rings. The molecule has 0 radical (unpaired) electrons. The van der Waals surface area contributed by atoms with Crippen LogP contribution in [-0.4, -0.2) is 33.8 Å². The number of nitrogens with one attached hydrogen (secondary N) is 1. The van der Waals surface area contributed by atoms with Crippen molar-refractivity contribution in [2.75, 3.05) is 23.3 Å². The van der Waals surface area contributed by atoms with Crippen LogP contribution in [0.15, 0.2) is 42.7 Å². The van der Waals surface area contributed by atoms with Crippen LogP contribution in [0.5, 0.6) is 0 Å². The highest BCUT2D eigenvalue weighted by Gasteiger charge is 2.28. The minimum absolute atomic E-state index is 0.0229. The van der Waals surface area contributed by atoms with Crippen molar-refractivity contribution in [1.82, 2.24) is 14.8 Å². The van der Waals surface area contributed by atoms with E-state index in [1.807, 2.05) is 48.1 Å². The summed E-state index contributed by atoms with van der Waals surface area (Å²) < 4.78 is 1.94. The van der Waals surface area contributed by atoms with Crippen LogP contribution in [0.4, 0.5) is 10.8 Å². The molecular weight excluding hydrogens is 382 g/mol. The number of nitrogens with zero attached hydrogens (tertiary/aromatic N) is 4. The summed E-state index contributed by atoms with van der Waals surface area (Å²) in [5.74, 6) is -0.0625. The number of carbonyl (C=O) groups is 1. The molecule has 1 saturated heterocycles. The monoisotopic (exact) mass is 401 g/mol. The smallest absolute Gasteiger partial charge is 0.229 e. The van der Waals surface area contributed by atoms with Crippen LogP contribution in [0.2, 0.25) is 5.02 Å². The predicted molar refractivity (Wildman–Crippen MR) is 109 cm³/mol. The molecule has 1 aromatic carbocycles. The Bertz CT molecular complexity index is 939. The number of hydrogen-bond donors (Lipinski definition) is 1. The van der Waals surface area contributed by atoms with Crippen molar-refractivity contribution < 1.29 is 4.79 Å². The summed E-state index contributed by atoms with van der Waals surface area (Å²) in [5.41, 5.74) is 1.73. The van der Waals surface area contributed by atoms with Crippen LogP contribution >= 0.6 is 22.9 Å². The van der Waals surface area contributed by atoms with Crippen LogP contribution in [0.3, 0.4) is 0 Å². The molecule has 1 amide bonds. The minimum Gasteiger partial charge on any atom is -0.346 e. The van der Waals surface area contributed by atoms with E-state index < -0.39 is 0 Å². The zero-order valence-electron chi connectivity index (χ0n) is 14.9. The summed E-state index contributed by atoms with van der Waals surface area (Å²) in [7, 11) is 0. The van der Waals surface area contributed by atoms with Crippen LogP contribution in [-0.2, 0) is 4.79 Å². The number of rotatable bonds is 4. The largest absolute Gasteiger partial charge is 0.346 e. The Morgan fingerprint density at radius 2 is 2.04 bits per heavy atom. The van der Waals surface area contributed by atoms with Gasteiger partial charge in [0.05, 0.1) is 5.92 Å². The molecule has 0 saturated carbocycles. The van der Waals surface area contributed by atoms with E-state index in [-0.39, 0.29) is 11.8 Å². The quantitative estimate of drug-likeness (QED) is 0.713. The summed E-state index contributed by atoms with van der Waals surface area (Å²) in [6.07, 6.45) is 5.71. The molecule has 0 aliphatic carbocycles. The number of benzene rings is 1. The average molecular weight is 402 g/mol. The zero-order valence-corrected chi connectivity index (χ0v) is 16.5. The number of aromatic nitrogens is 3. The third-order valence-electron chi connectivity index (χ3n) is 4.73. The number of halogens is 1. The summed E-state index contributed by atoms with van der Waals surface area (Å²) in [6, 6.07) is 9.51. The van der Waals surface area contributed by atoms with Crippen molar-refractivity contribution >= 4 is 39.7 Å². The standard InChI is InChI=1S/C19H20ClN5OS/c1-13-6-7-15(11-16(13)20)21-17(26)14-5-4-10-25(12-14)19-23-22-18(27-19)24-8-2-3-9-24/h2-3,6-9,11,14H,4-5,10,12H2,1H3,(H,21,26). The van der Waals surface area contributed by atoms with Crippen molar-refractivity contribution in [3.8, 4) is 5.13 Å². The second kappa shape index (κ2) is 7.70. The van der Waals surface area contributed by atoms with Crippen LogP contribution in [0.1, 0.15) is 18.4 Å². The first-order valence-electron chi connectivity index (χ1n) is 8.89. The van der Waals surface area contributed by atoms with Gasteiger partial charge >= 0.3 is 0 Å². The van der Waals surface area contributed by atoms with E-state index in [4.69, 9.17) is 11.6 Å². The van der Waals surface area contributed by atoms with Crippen molar-refractivity contribution in [3.63, 3.8) is 0 Å². The first-order chi connectivity index (χ1) is 13.1. The fourth-order valence-electron chi connectivity index (χ4n) is 3.18. The fourth-order valence-corrected chi connectivity index (χ4v) is 4.21. The number of carbonyl (C=O) groups excluding carboxylic acids is 1. The lowest BCUT2D eigenvalue weighted by Gasteiger charge is -2.31. The molecule has 1 N–H and O–H groups in total. The highest BCUT2D eigenvalue weighted by Crippen LogP contribution is 2.28. The second-order valence-electron chi connectivity index (χ2n) is 6.70. The molecule has 6 nitrogen and oxygen atoms in total. The van der Waals surface area contributed by atoms with Gasteiger partial charge in [0.2, 0.25) is 16.2 Å². The molecule has 2 aromatic heterocycles. The minimum atomic E-state index is -0.0854. The Kier molecular flexibility index (Phi) is 5.13. The lowest BCUT2D eigenvalue weighted by molar-refractivity contribution is -0.120. The maximum atomic E-state index is 12.7. The molecule has 0 bridgehead atoms. The molecule has 3 heterocycles. The van der Waals surface area contributed by atoms with Gasteiger partial charge in [0.1, 0.15) is 0 Å². The van der Waals surface area contributed by atoms with Gasteiger partial charge in [-0.2, -0.15) is 0 Å². The van der Waals surface area contributed by atoms with Gasteiger partial charge in [0, 0.05) is 36.2 Å².